The molecule has 0 aliphatic carbocycles. The highest BCUT2D eigenvalue weighted by atomic mass is 16.3. The Kier molecular flexibility index (Phi) is 3.58. The van der Waals surface area contributed by atoms with E-state index in [4.69, 9.17) is 5.11 Å². The quantitative estimate of drug-likeness (QED) is 0.772. The first-order valence-electron chi connectivity index (χ1n) is 5.79. The summed E-state index contributed by atoms with van der Waals surface area (Å²) in [6, 6.07) is -0.0129. The van der Waals surface area contributed by atoms with Gasteiger partial charge < -0.3 is 10.0 Å². The zero-order valence-corrected chi connectivity index (χ0v) is 9.91. The number of aromatic nitrogens is 2. The number of amides is 1. The van der Waals surface area contributed by atoms with Crippen LogP contribution in [0.2, 0.25) is 0 Å². The Hall–Kier alpha value is -1.62. The summed E-state index contributed by atoms with van der Waals surface area (Å²) < 4.78 is 1.69. The van der Waals surface area contributed by atoms with Gasteiger partial charge in [0.25, 0.3) is 0 Å². The molecule has 92 valence electrons. The molecule has 1 saturated heterocycles. The van der Waals surface area contributed by atoms with Crippen molar-refractivity contribution in [3.8, 4) is 0 Å². The maximum absolute atomic E-state index is 11.9. The van der Waals surface area contributed by atoms with Crippen LogP contribution in [0.25, 0.3) is 6.08 Å². The second-order valence-corrected chi connectivity index (χ2v) is 4.29. The van der Waals surface area contributed by atoms with Crippen molar-refractivity contribution in [3.05, 3.63) is 24.0 Å². The summed E-state index contributed by atoms with van der Waals surface area (Å²) in [5, 5.41) is 13.2. The van der Waals surface area contributed by atoms with Crippen LogP contribution < -0.4 is 0 Å². The van der Waals surface area contributed by atoms with Crippen molar-refractivity contribution in [1.82, 2.24) is 14.7 Å². The van der Waals surface area contributed by atoms with Gasteiger partial charge >= 0.3 is 0 Å². The molecule has 0 radical (unpaired) electrons. The van der Waals surface area contributed by atoms with Crippen LogP contribution in [0, 0.1) is 0 Å². The molecule has 1 fully saturated rings. The molecule has 2 rings (SSSR count). The highest BCUT2D eigenvalue weighted by Gasteiger charge is 2.26. The highest BCUT2D eigenvalue weighted by Crippen LogP contribution is 2.17. The molecular weight excluding hydrogens is 218 g/mol. The zero-order chi connectivity index (χ0) is 12.3. The van der Waals surface area contributed by atoms with Gasteiger partial charge in [-0.05, 0) is 18.9 Å². The van der Waals surface area contributed by atoms with Crippen molar-refractivity contribution in [2.75, 3.05) is 13.2 Å². The molecule has 1 unspecified atom stereocenters. The molecule has 0 aromatic carbocycles. The van der Waals surface area contributed by atoms with Gasteiger partial charge in [0, 0.05) is 31.4 Å². The van der Waals surface area contributed by atoms with Crippen LogP contribution in [-0.4, -0.2) is 44.9 Å². The molecule has 2 heterocycles. The predicted molar refractivity (Wildman–Crippen MR) is 64.1 cm³/mol. The first-order valence-corrected chi connectivity index (χ1v) is 5.79. The summed E-state index contributed by atoms with van der Waals surface area (Å²) in [6.45, 7) is 0.786. The van der Waals surface area contributed by atoms with E-state index in [1.54, 1.807) is 27.9 Å². The second-order valence-electron chi connectivity index (χ2n) is 4.29. The predicted octanol–water partition coefficient (Wildman–Crippen LogP) is 0.417. The van der Waals surface area contributed by atoms with Crippen molar-refractivity contribution >= 4 is 12.0 Å². The Morgan fingerprint density at radius 1 is 1.71 bits per heavy atom. The number of aliphatic hydroxyl groups is 1. The fourth-order valence-electron chi connectivity index (χ4n) is 2.11. The van der Waals surface area contributed by atoms with Crippen molar-refractivity contribution in [2.24, 2.45) is 7.05 Å². The van der Waals surface area contributed by atoms with E-state index in [9.17, 15) is 4.79 Å². The van der Waals surface area contributed by atoms with Crippen molar-refractivity contribution in [3.63, 3.8) is 0 Å². The maximum atomic E-state index is 11.9. The molecule has 5 nitrogen and oxygen atoms in total. The number of nitrogens with zero attached hydrogens (tertiary/aromatic N) is 3. The molecule has 1 aliphatic heterocycles. The monoisotopic (exact) mass is 235 g/mol. The lowest BCUT2D eigenvalue weighted by Gasteiger charge is -2.21. The highest BCUT2D eigenvalue weighted by molar-refractivity contribution is 5.92. The molecule has 0 saturated carbocycles. The van der Waals surface area contributed by atoms with Crippen molar-refractivity contribution in [1.29, 1.82) is 0 Å². The standard InChI is InChI=1S/C12H17N3O2/c1-14-8-10(7-13-14)4-5-12(17)15-6-2-3-11(15)9-16/h4-5,7-8,11,16H,2-3,6,9H2,1H3/b5-4+. The SMILES string of the molecule is Cn1cc(/C=C/C(=O)N2CCCC2CO)cn1. The number of carbonyl (C=O) groups excluding carboxylic acids is 1. The number of hydrogen-bond acceptors (Lipinski definition) is 3. The average molecular weight is 235 g/mol. The number of likely N-dealkylation sites (tertiary alicyclic amines) is 1. The molecule has 17 heavy (non-hydrogen) atoms. The Bertz CT molecular complexity index is 425. The van der Waals surface area contributed by atoms with Crippen LogP contribution in [0.15, 0.2) is 18.5 Å². The number of hydrogen-bond donors (Lipinski definition) is 1. The van der Waals surface area contributed by atoms with Gasteiger partial charge in [-0.3, -0.25) is 9.48 Å². The third-order valence-electron chi connectivity index (χ3n) is 3.01. The normalized spacial score (nSPS) is 20.4. The number of aryl methyl sites for hydroxylation is 1. The van der Waals surface area contributed by atoms with Gasteiger partial charge in [-0.1, -0.05) is 0 Å². The lowest BCUT2D eigenvalue weighted by Crippen LogP contribution is -2.36. The fourth-order valence-corrected chi connectivity index (χ4v) is 2.11. The molecule has 5 heteroatoms. The van der Waals surface area contributed by atoms with Crippen LogP contribution >= 0.6 is 0 Å². The van der Waals surface area contributed by atoms with Crippen molar-refractivity contribution in [2.45, 2.75) is 18.9 Å². The Morgan fingerprint density at radius 2 is 2.53 bits per heavy atom. The molecule has 1 atom stereocenters. The third kappa shape index (κ3) is 2.74. The molecule has 1 aliphatic rings. The van der Waals surface area contributed by atoms with Gasteiger partial charge in [0.1, 0.15) is 0 Å². The minimum absolute atomic E-state index is 0.0129. The van der Waals surface area contributed by atoms with Crippen LogP contribution in [-0.2, 0) is 11.8 Å². The maximum Gasteiger partial charge on any atom is 0.246 e. The largest absolute Gasteiger partial charge is 0.394 e. The van der Waals surface area contributed by atoms with E-state index in [0.29, 0.717) is 0 Å². The first-order chi connectivity index (χ1) is 8.20. The minimum atomic E-state index is -0.0367. The van der Waals surface area contributed by atoms with E-state index in [-0.39, 0.29) is 18.6 Å². The zero-order valence-electron chi connectivity index (χ0n) is 9.91. The number of aliphatic hydroxyl groups excluding tert-OH is 1. The van der Waals surface area contributed by atoms with Gasteiger partial charge in [-0.25, -0.2) is 0 Å². The van der Waals surface area contributed by atoms with E-state index < -0.39 is 0 Å². The van der Waals surface area contributed by atoms with Crippen molar-refractivity contribution < 1.29 is 9.90 Å². The summed E-state index contributed by atoms with van der Waals surface area (Å²) >= 11 is 0. The van der Waals surface area contributed by atoms with Crippen LogP contribution in [0.3, 0.4) is 0 Å². The molecule has 1 amide bonds. The summed E-state index contributed by atoms with van der Waals surface area (Å²) in [4.78, 5) is 13.6. The molecule has 1 aromatic heterocycles. The molecule has 1 N–H and O–H groups in total. The Labute approximate surface area is 100 Å². The van der Waals surface area contributed by atoms with E-state index >= 15 is 0 Å². The summed E-state index contributed by atoms with van der Waals surface area (Å²) in [6.07, 6.45) is 8.71. The van der Waals surface area contributed by atoms with Crippen LogP contribution in [0.4, 0.5) is 0 Å². The van der Waals surface area contributed by atoms with Gasteiger partial charge in [-0.2, -0.15) is 5.10 Å². The smallest absolute Gasteiger partial charge is 0.246 e. The topological polar surface area (TPSA) is 58.4 Å². The summed E-state index contributed by atoms with van der Waals surface area (Å²) in [5.41, 5.74) is 0.903. The number of rotatable bonds is 3. The van der Waals surface area contributed by atoms with E-state index in [1.165, 1.54) is 0 Å². The van der Waals surface area contributed by atoms with Gasteiger partial charge in [-0.15, -0.1) is 0 Å². The first kappa shape index (κ1) is 11.9. The lowest BCUT2D eigenvalue weighted by molar-refractivity contribution is -0.127. The second kappa shape index (κ2) is 5.14. The molecule has 1 aromatic rings. The van der Waals surface area contributed by atoms with Crippen LogP contribution in [0.5, 0.6) is 0 Å². The third-order valence-corrected chi connectivity index (χ3v) is 3.01. The van der Waals surface area contributed by atoms with E-state index in [2.05, 4.69) is 5.10 Å². The number of carbonyl (C=O) groups is 1. The molecular formula is C12H17N3O2. The van der Waals surface area contributed by atoms with Gasteiger partial charge in [0.15, 0.2) is 0 Å². The summed E-state index contributed by atoms with van der Waals surface area (Å²) in [7, 11) is 1.83. The van der Waals surface area contributed by atoms with Gasteiger partial charge in [0.2, 0.25) is 5.91 Å². The fraction of sp³-hybridized carbons (Fsp3) is 0.500. The minimum Gasteiger partial charge on any atom is -0.394 e. The molecule has 0 bridgehead atoms. The van der Waals surface area contributed by atoms with E-state index in [0.717, 1.165) is 24.9 Å². The lowest BCUT2D eigenvalue weighted by atomic mass is 10.2. The Balaban J connectivity index is 1.99. The Morgan fingerprint density at radius 3 is 3.18 bits per heavy atom. The van der Waals surface area contributed by atoms with Gasteiger partial charge in [0.05, 0.1) is 18.8 Å². The van der Waals surface area contributed by atoms with Crippen LogP contribution in [0.1, 0.15) is 18.4 Å². The average Bonchev–Trinajstić information content (AvgIpc) is 2.94. The van der Waals surface area contributed by atoms with E-state index in [1.807, 2.05) is 13.2 Å². The molecule has 0 spiro atoms. The summed E-state index contributed by atoms with van der Waals surface area (Å²) in [5.74, 6) is -0.0367.